The normalized spacial score (nSPS) is 12.6. The van der Waals surface area contributed by atoms with Crippen molar-refractivity contribution in [1.29, 1.82) is 0 Å². The number of aromatic nitrogens is 2. The lowest BCUT2D eigenvalue weighted by Crippen LogP contribution is -2.22. The van der Waals surface area contributed by atoms with Crippen LogP contribution >= 0.6 is 23.1 Å². The zero-order valence-electron chi connectivity index (χ0n) is 11.6. The topological polar surface area (TPSA) is 61.2 Å². The lowest BCUT2D eigenvalue weighted by atomic mass is 10.4. The molecule has 0 aromatic carbocycles. The number of nitrogens with zero attached hydrogens (tertiary/aromatic N) is 2. The first-order chi connectivity index (χ1) is 9.54. The zero-order chi connectivity index (χ0) is 14.7. The Bertz CT molecular complexity index is 678. The second-order valence-electron chi connectivity index (χ2n) is 4.33. The summed E-state index contributed by atoms with van der Waals surface area (Å²) in [4.78, 5) is 29.0. The molecule has 5 nitrogen and oxygen atoms in total. The SMILES string of the molecule is CCCOC(=O)C(C)Sc1nc2sccc2c(=O)n1C. The molecule has 20 heavy (non-hydrogen) atoms. The van der Waals surface area contributed by atoms with Crippen LogP contribution in [-0.4, -0.2) is 27.4 Å². The van der Waals surface area contributed by atoms with E-state index in [9.17, 15) is 9.59 Å². The highest BCUT2D eigenvalue weighted by molar-refractivity contribution is 8.00. The van der Waals surface area contributed by atoms with E-state index in [4.69, 9.17) is 4.74 Å². The van der Waals surface area contributed by atoms with Gasteiger partial charge in [-0.3, -0.25) is 14.2 Å². The van der Waals surface area contributed by atoms with Crippen LogP contribution in [0, 0.1) is 0 Å². The Morgan fingerprint density at radius 2 is 2.35 bits per heavy atom. The number of esters is 1. The second-order valence-corrected chi connectivity index (χ2v) is 6.53. The molecule has 1 atom stereocenters. The van der Waals surface area contributed by atoms with Gasteiger partial charge in [0.1, 0.15) is 10.1 Å². The van der Waals surface area contributed by atoms with Gasteiger partial charge < -0.3 is 4.74 Å². The van der Waals surface area contributed by atoms with Crippen LogP contribution in [0.15, 0.2) is 21.4 Å². The average Bonchev–Trinajstić information content (AvgIpc) is 2.90. The summed E-state index contributed by atoms with van der Waals surface area (Å²) in [5.41, 5.74) is -0.0899. The standard InChI is InChI=1S/C13H16N2O3S2/c1-4-6-18-12(17)8(2)20-13-14-10-9(5-7-19-10)11(16)15(13)3/h5,7-8H,4,6H2,1-3H3. The molecule has 0 fully saturated rings. The van der Waals surface area contributed by atoms with Gasteiger partial charge in [0, 0.05) is 7.05 Å². The number of ether oxygens (including phenoxy) is 1. The summed E-state index contributed by atoms with van der Waals surface area (Å²) in [7, 11) is 1.67. The van der Waals surface area contributed by atoms with Gasteiger partial charge in [0.05, 0.1) is 12.0 Å². The van der Waals surface area contributed by atoms with E-state index >= 15 is 0 Å². The minimum absolute atomic E-state index is 0.0899. The molecule has 108 valence electrons. The summed E-state index contributed by atoms with van der Waals surface area (Å²) >= 11 is 2.66. The maximum absolute atomic E-state index is 12.1. The van der Waals surface area contributed by atoms with Crippen molar-refractivity contribution in [3.05, 3.63) is 21.8 Å². The van der Waals surface area contributed by atoms with Crippen LogP contribution in [0.2, 0.25) is 0 Å². The molecule has 0 aliphatic heterocycles. The van der Waals surface area contributed by atoms with Crippen molar-refractivity contribution >= 4 is 39.3 Å². The van der Waals surface area contributed by atoms with E-state index in [2.05, 4.69) is 4.98 Å². The fourth-order valence-corrected chi connectivity index (χ4v) is 3.29. The summed E-state index contributed by atoms with van der Waals surface area (Å²) in [5.74, 6) is -0.280. The molecule has 0 aliphatic carbocycles. The molecule has 0 radical (unpaired) electrons. The molecule has 0 bridgehead atoms. The van der Waals surface area contributed by atoms with Gasteiger partial charge in [0.15, 0.2) is 5.16 Å². The first-order valence-corrected chi connectivity index (χ1v) is 8.08. The molecule has 0 N–H and O–H groups in total. The predicted octanol–water partition coefficient (Wildman–Crippen LogP) is 2.43. The fraction of sp³-hybridized carbons (Fsp3) is 0.462. The largest absolute Gasteiger partial charge is 0.465 e. The molecule has 7 heteroatoms. The molecule has 2 rings (SSSR count). The third-order valence-corrected chi connectivity index (χ3v) is 4.66. The van der Waals surface area contributed by atoms with Crippen molar-refractivity contribution in [3.63, 3.8) is 0 Å². The number of carbonyl (C=O) groups excluding carboxylic acids is 1. The van der Waals surface area contributed by atoms with Crippen LogP contribution in [0.5, 0.6) is 0 Å². The molecule has 1 unspecified atom stereocenters. The lowest BCUT2D eigenvalue weighted by molar-refractivity contribution is -0.142. The van der Waals surface area contributed by atoms with E-state index in [1.165, 1.54) is 27.7 Å². The van der Waals surface area contributed by atoms with Gasteiger partial charge in [0.25, 0.3) is 5.56 Å². The first-order valence-electron chi connectivity index (χ1n) is 6.32. The summed E-state index contributed by atoms with van der Waals surface area (Å²) in [6, 6.07) is 1.77. The van der Waals surface area contributed by atoms with E-state index in [-0.39, 0.29) is 11.5 Å². The average molecular weight is 312 g/mol. The Hall–Kier alpha value is -1.34. The highest BCUT2D eigenvalue weighted by Gasteiger charge is 2.19. The first kappa shape index (κ1) is 15.1. The summed E-state index contributed by atoms with van der Waals surface area (Å²) in [5, 5.41) is 2.60. The molecule has 0 saturated heterocycles. The van der Waals surface area contributed by atoms with Crippen LogP contribution in [0.1, 0.15) is 20.3 Å². The Morgan fingerprint density at radius 1 is 1.60 bits per heavy atom. The molecule has 2 heterocycles. The molecule has 2 aromatic rings. The molecule has 0 spiro atoms. The lowest BCUT2D eigenvalue weighted by Gasteiger charge is -2.12. The maximum Gasteiger partial charge on any atom is 0.319 e. The summed E-state index contributed by atoms with van der Waals surface area (Å²) < 4.78 is 6.57. The van der Waals surface area contributed by atoms with Crippen LogP contribution in [0.25, 0.3) is 10.2 Å². The zero-order valence-corrected chi connectivity index (χ0v) is 13.2. The van der Waals surface area contributed by atoms with Crippen molar-refractivity contribution in [3.8, 4) is 0 Å². The van der Waals surface area contributed by atoms with E-state index in [0.29, 0.717) is 22.0 Å². The Morgan fingerprint density at radius 3 is 3.05 bits per heavy atom. The van der Waals surface area contributed by atoms with Gasteiger partial charge in [-0.25, -0.2) is 4.98 Å². The van der Waals surface area contributed by atoms with Gasteiger partial charge in [-0.1, -0.05) is 18.7 Å². The van der Waals surface area contributed by atoms with Crippen molar-refractivity contribution in [2.45, 2.75) is 30.7 Å². The van der Waals surface area contributed by atoms with Crippen LogP contribution in [0.3, 0.4) is 0 Å². The molecule has 0 saturated carbocycles. The minimum atomic E-state index is -0.392. The predicted molar refractivity (Wildman–Crippen MR) is 81.4 cm³/mol. The van der Waals surface area contributed by atoms with Gasteiger partial charge in [-0.05, 0) is 24.8 Å². The number of carbonyl (C=O) groups is 1. The third-order valence-electron chi connectivity index (χ3n) is 2.73. The summed E-state index contributed by atoms with van der Waals surface area (Å²) in [6.45, 7) is 4.12. The second kappa shape index (κ2) is 6.41. The van der Waals surface area contributed by atoms with Gasteiger partial charge in [0.2, 0.25) is 0 Å². The van der Waals surface area contributed by atoms with Crippen molar-refractivity contribution in [1.82, 2.24) is 9.55 Å². The van der Waals surface area contributed by atoms with Crippen molar-refractivity contribution in [2.24, 2.45) is 7.05 Å². The number of hydrogen-bond donors (Lipinski definition) is 0. The fourth-order valence-electron chi connectivity index (χ4n) is 1.61. The van der Waals surface area contributed by atoms with Gasteiger partial charge >= 0.3 is 5.97 Å². The summed E-state index contributed by atoms with van der Waals surface area (Å²) in [6.07, 6.45) is 0.793. The molecular weight excluding hydrogens is 296 g/mol. The van der Waals surface area contributed by atoms with Crippen molar-refractivity contribution in [2.75, 3.05) is 6.61 Å². The quantitative estimate of drug-likeness (QED) is 0.482. The van der Waals surface area contributed by atoms with E-state index in [1.54, 1.807) is 20.0 Å². The van der Waals surface area contributed by atoms with Gasteiger partial charge in [-0.15, -0.1) is 11.3 Å². The number of thiophene rings is 1. The minimum Gasteiger partial charge on any atom is -0.465 e. The monoisotopic (exact) mass is 312 g/mol. The number of fused-ring (bicyclic) bond motifs is 1. The van der Waals surface area contributed by atoms with E-state index < -0.39 is 5.25 Å². The highest BCUT2D eigenvalue weighted by Crippen LogP contribution is 2.24. The molecule has 2 aromatic heterocycles. The smallest absolute Gasteiger partial charge is 0.319 e. The molecular formula is C13H16N2O3S2. The number of rotatable bonds is 5. The maximum atomic E-state index is 12.1. The van der Waals surface area contributed by atoms with E-state index in [1.807, 2.05) is 12.3 Å². The number of hydrogen-bond acceptors (Lipinski definition) is 6. The van der Waals surface area contributed by atoms with Gasteiger partial charge in [-0.2, -0.15) is 0 Å². The van der Waals surface area contributed by atoms with Crippen LogP contribution in [0.4, 0.5) is 0 Å². The Balaban J connectivity index is 2.23. The van der Waals surface area contributed by atoms with Crippen molar-refractivity contribution < 1.29 is 9.53 Å². The molecule has 0 aliphatic rings. The third kappa shape index (κ3) is 3.04. The Kier molecular flexibility index (Phi) is 4.82. The van der Waals surface area contributed by atoms with Crippen LogP contribution in [-0.2, 0) is 16.6 Å². The Labute approximate surface area is 125 Å². The van der Waals surface area contributed by atoms with E-state index in [0.717, 1.165) is 6.42 Å². The highest BCUT2D eigenvalue weighted by atomic mass is 32.2. The van der Waals surface area contributed by atoms with Crippen LogP contribution < -0.4 is 5.56 Å². The number of thioether (sulfide) groups is 1. The molecule has 0 amide bonds.